The molecule has 0 atom stereocenters. The molecule has 3 heteroatoms. The molecule has 4 rings (SSSR count). The van der Waals surface area contributed by atoms with E-state index < -0.39 is 0 Å². The number of nitrogens with zero attached hydrogens (tertiary/aromatic N) is 1. The molecule has 3 nitrogen and oxygen atoms in total. The number of hydrogen-bond donors (Lipinski definition) is 0. The Kier molecular flexibility index (Phi) is 3.07. The van der Waals surface area contributed by atoms with Gasteiger partial charge in [0, 0.05) is 5.56 Å². The second-order valence-corrected chi connectivity index (χ2v) is 6.75. The number of aryl methyl sites for hydroxylation is 2. The fourth-order valence-electron chi connectivity index (χ4n) is 4.63. The van der Waals surface area contributed by atoms with Gasteiger partial charge in [-0.25, -0.2) is 5.06 Å². The Bertz CT molecular complexity index is 587. The first kappa shape index (κ1) is 13.3. The molecule has 1 spiro atoms. The van der Waals surface area contributed by atoms with Crippen molar-refractivity contribution in [2.75, 3.05) is 7.11 Å². The topological polar surface area (TPSA) is 29.5 Å². The Balaban J connectivity index is 1.88. The lowest BCUT2D eigenvalue weighted by Crippen LogP contribution is -2.44. The highest BCUT2D eigenvalue weighted by Crippen LogP contribution is 2.49. The van der Waals surface area contributed by atoms with Gasteiger partial charge in [-0.15, -0.1) is 0 Å². The molecule has 1 aliphatic heterocycles. The van der Waals surface area contributed by atoms with Gasteiger partial charge >= 0.3 is 0 Å². The fourth-order valence-corrected chi connectivity index (χ4v) is 4.63. The summed E-state index contributed by atoms with van der Waals surface area (Å²) in [5.74, 6) is 0.0720. The molecule has 1 aromatic rings. The first-order valence-corrected chi connectivity index (χ1v) is 8.31. The van der Waals surface area contributed by atoms with Gasteiger partial charge in [0.1, 0.15) is 0 Å². The fraction of sp³-hybridized carbons (Fsp3) is 0.611. The summed E-state index contributed by atoms with van der Waals surface area (Å²) in [4.78, 5) is 18.3. The molecule has 0 aromatic heterocycles. The van der Waals surface area contributed by atoms with Crippen molar-refractivity contribution in [2.24, 2.45) is 0 Å². The number of fused-ring (bicyclic) bond motifs is 3. The molecular formula is C18H23NO2. The van der Waals surface area contributed by atoms with E-state index in [1.54, 1.807) is 12.2 Å². The van der Waals surface area contributed by atoms with Crippen molar-refractivity contribution in [1.82, 2.24) is 5.06 Å². The molecule has 0 N–H and O–H groups in total. The number of carbonyl (C=O) groups excluding carboxylic acids is 1. The van der Waals surface area contributed by atoms with Gasteiger partial charge in [0.25, 0.3) is 5.91 Å². The van der Waals surface area contributed by atoms with Crippen molar-refractivity contribution in [3.05, 3.63) is 34.4 Å². The number of rotatable bonds is 1. The second kappa shape index (κ2) is 4.84. The largest absolute Gasteiger partial charge is 0.278 e. The van der Waals surface area contributed by atoms with Crippen LogP contribution in [0.15, 0.2) is 12.1 Å². The van der Waals surface area contributed by atoms with Crippen LogP contribution < -0.4 is 0 Å². The van der Waals surface area contributed by atoms with Crippen molar-refractivity contribution in [3.8, 4) is 0 Å². The van der Waals surface area contributed by atoms with Crippen molar-refractivity contribution in [3.63, 3.8) is 0 Å². The van der Waals surface area contributed by atoms with E-state index in [1.165, 1.54) is 55.2 Å². The first-order valence-electron chi connectivity index (χ1n) is 8.31. The predicted molar refractivity (Wildman–Crippen MR) is 81.0 cm³/mol. The minimum atomic E-state index is -0.189. The molecule has 1 saturated carbocycles. The van der Waals surface area contributed by atoms with Crippen LogP contribution in [0, 0.1) is 0 Å². The molecule has 0 saturated heterocycles. The second-order valence-electron chi connectivity index (χ2n) is 6.75. The van der Waals surface area contributed by atoms with Gasteiger partial charge in [-0.3, -0.25) is 9.63 Å². The van der Waals surface area contributed by atoms with Gasteiger partial charge in [-0.05, 0) is 61.3 Å². The summed E-state index contributed by atoms with van der Waals surface area (Å²) in [6.07, 6.45) is 10.5. The van der Waals surface area contributed by atoms with E-state index in [-0.39, 0.29) is 11.4 Å². The van der Waals surface area contributed by atoms with Crippen LogP contribution in [0.3, 0.4) is 0 Å². The predicted octanol–water partition coefficient (Wildman–Crippen LogP) is 3.74. The third-order valence-corrected chi connectivity index (χ3v) is 5.65. The highest BCUT2D eigenvalue weighted by atomic mass is 16.7. The van der Waals surface area contributed by atoms with Crippen LogP contribution in [0.1, 0.15) is 72.0 Å². The van der Waals surface area contributed by atoms with Gasteiger partial charge in [0.05, 0.1) is 12.6 Å². The summed E-state index contributed by atoms with van der Waals surface area (Å²) in [6.45, 7) is 0. The van der Waals surface area contributed by atoms with E-state index in [4.69, 9.17) is 4.84 Å². The number of carbonyl (C=O) groups is 1. The first-order chi connectivity index (χ1) is 10.3. The Morgan fingerprint density at radius 2 is 1.67 bits per heavy atom. The van der Waals surface area contributed by atoms with Crippen LogP contribution >= 0.6 is 0 Å². The molecule has 2 aliphatic carbocycles. The molecule has 21 heavy (non-hydrogen) atoms. The maximum atomic E-state index is 12.8. The quantitative estimate of drug-likeness (QED) is 0.786. The molecule has 0 bridgehead atoms. The summed E-state index contributed by atoms with van der Waals surface area (Å²) >= 11 is 0. The van der Waals surface area contributed by atoms with E-state index >= 15 is 0 Å². The molecule has 1 heterocycles. The lowest BCUT2D eigenvalue weighted by molar-refractivity contribution is -0.169. The summed E-state index contributed by atoms with van der Waals surface area (Å²) < 4.78 is 0. The highest BCUT2D eigenvalue weighted by Gasteiger charge is 2.51. The van der Waals surface area contributed by atoms with Crippen LogP contribution in [0.2, 0.25) is 0 Å². The monoisotopic (exact) mass is 285 g/mol. The Hall–Kier alpha value is -1.35. The van der Waals surface area contributed by atoms with E-state index in [9.17, 15) is 4.79 Å². The third-order valence-electron chi connectivity index (χ3n) is 5.65. The lowest BCUT2D eigenvalue weighted by Gasteiger charge is -2.40. The molecule has 3 aliphatic rings. The molecule has 1 fully saturated rings. The van der Waals surface area contributed by atoms with Gasteiger partial charge < -0.3 is 0 Å². The molecule has 1 amide bonds. The smallest absolute Gasteiger partial charge is 0.273 e. The normalized spacial score (nSPS) is 23.3. The van der Waals surface area contributed by atoms with Crippen molar-refractivity contribution >= 4 is 5.91 Å². The maximum absolute atomic E-state index is 12.8. The van der Waals surface area contributed by atoms with Crippen LogP contribution in [0.5, 0.6) is 0 Å². The number of hydrogen-bond acceptors (Lipinski definition) is 2. The Morgan fingerprint density at radius 3 is 2.33 bits per heavy atom. The summed E-state index contributed by atoms with van der Waals surface area (Å²) in [5.41, 5.74) is 4.81. The minimum absolute atomic E-state index is 0.0720. The summed E-state index contributed by atoms with van der Waals surface area (Å²) in [5, 5.41) is 1.68. The van der Waals surface area contributed by atoms with Gasteiger partial charge in [-0.1, -0.05) is 25.3 Å². The van der Waals surface area contributed by atoms with Crippen LogP contribution in [-0.4, -0.2) is 18.1 Å². The minimum Gasteiger partial charge on any atom is -0.273 e. The van der Waals surface area contributed by atoms with Crippen molar-refractivity contribution < 1.29 is 9.63 Å². The maximum Gasteiger partial charge on any atom is 0.278 e. The Labute approximate surface area is 126 Å². The molecule has 0 unspecified atom stereocenters. The summed E-state index contributed by atoms with van der Waals surface area (Å²) in [7, 11) is 1.64. The average Bonchev–Trinajstić information content (AvgIpc) is 2.74. The SMILES string of the molecule is CON1C(=O)c2cc3c(cc2C12CCCCC2)CCCC3. The number of amides is 1. The van der Waals surface area contributed by atoms with Crippen LogP contribution in [0.25, 0.3) is 0 Å². The van der Waals surface area contributed by atoms with E-state index in [2.05, 4.69) is 12.1 Å². The third kappa shape index (κ3) is 1.80. The molecular weight excluding hydrogens is 262 g/mol. The molecule has 112 valence electrons. The van der Waals surface area contributed by atoms with Gasteiger partial charge in [-0.2, -0.15) is 0 Å². The average molecular weight is 285 g/mol. The van der Waals surface area contributed by atoms with Crippen LogP contribution in [0.4, 0.5) is 0 Å². The molecule has 0 radical (unpaired) electrons. The molecule has 1 aromatic carbocycles. The van der Waals surface area contributed by atoms with Crippen molar-refractivity contribution in [2.45, 2.75) is 63.3 Å². The summed E-state index contributed by atoms with van der Waals surface area (Å²) in [6, 6.07) is 4.51. The van der Waals surface area contributed by atoms with Gasteiger partial charge in [0.15, 0.2) is 0 Å². The standard InChI is InChI=1S/C18H23NO2/c1-21-19-17(20)15-11-13-7-3-4-8-14(13)12-16(15)18(19)9-5-2-6-10-18/h11-12H,2-10H2,1H3. The van der Waals surface area contributed by atoms with E-state index in [0.29, 0.717) is 0 Å². The van der Waals surface area contributed by atoms with E-state index in [1.807, 2.05) is 0 Å². The zero-order valence-electron chi connectivity index (χ0n) is 12.8. The van der Waals surface area contributed by atoms with Crippen LogP contribution in [-0.2, 0) is 23.2 Å². The van der Waals surface area contributed by atoms with E-state index in [0.717, 1.165) is 24.8 Å². The zero-order chi connectivity index (χ0) is 14.4. The number of benzene rings is 1. The zero-order valence-corrected chi connectivity index (χ0v) is 12.8. The van der Waals surface area contributed by atoms with Crippen molar-refractivity contribution in [1.29, 1.82) is 0 Å². The Morgan fingerprint density at radius 1 is 1.00 bits per heavy atom. The highest BCUT2D eigenvalue weighted by molar-refractivity contribution is 5.99. The lowest BCUT2D eigenvalue weighted by atomic mass is 9.75. The van der Waals surface area contributed by atoms with Gasteiger partial charge in [0.2, 0.25) is 0 Å². The number of hydroxylamine groups is 2.